The average molecular weight is 205 g/mol. The third-order valence-electron chi connectivity index (χ3n) is 2.58. The molecule has 1 aromatic carbocycles. The van der Waals surface area contributed by atoms with Crippen LogP contribution >= 0.6 is 0 Å². The summed E-state index contributed by atoms with van der Waals surface area (Å²) in [5, 5.41) is 2.66. The van der Waals surface area contributed by atoms with E-state index in [1.807, 2.05) is 19.1 Å². The van der Waals surface area contributed by atoms with E-state index in [-0.39, 0.29) is 11.3 Å². The van der Waals surface area contributed by atoms with Crippen LogP contribution in [-0.2, 0) is 5.41 Å². The van der Waals surface area contributed by atoms with Crippen molar-refractivity contribution in [3.05, 3.63) is 34.9 Å². The number of carbonyl (C=O) groups is 1. The molecule has 0 heterocycles. The van der Waals surface area contributed by atoms with Crippen LogP contribution in [0.25, 0.3) is 0 Å². The molecule has 82 valence electrons. The van der Waals surface area contributed by atoms with Gasteiger partial charge in [-0.05, 0) is 29.5 Å². The molecule has 0 radical (unpaired) electrons. The Morgan fingerprint density at radius 1 is 1.27 bits per heavy atom. The van der Waals surface area contributed by atoms with E-state index in [1.165, 1.54) is 5.56 Å². The fraction of sp³-hybridized carbons (Fsp3) is 0.462. The van der Waals surface area contributed by atoms with Crippen LogP contribution in [0.1, 0.15) is 42.3 Å². The monoisotopic (exact) mass is 205 g/mol. The summed E-state index contributed by atoms with van der Waals surface area (Å²) < 4.78 is 0. The van der Waals surface area contributed by atoms with Crippen molar-refractivity contribution in [3.63, 3.8) is 0 Å². The quantitative estimate of drug-likeness (QED) is 0.750. The van der Waals surface area contributed by atoms with Gasteiger partial charge in [-0.25, -0.2) is 0 Å². The Hall–Kier alpha value is -1.31. The number of rotatable bonds is 1. The molecule has 1 amide bonds. The lowest BCUT2D eigenvalue weighted by Crippen LogP contribution is -2.20. The van der Waals surface area contributed by atoms with Crippen molar-refractivity contribution >= 4 is 5.91 Å². The van der Waals surface area contributed by atoms with Gasteiger partial charge >= 0.3 is 0 Å². The summed E-state index contributed by atoms with van der Waals surface area (Å²) in [6, 6.07) is 6.07. The molecule has 2 heteroatoms. The molecule has 1 rings (SSSR count). The highest BCUT2D eigenvalue weighted by Gasteiger charge is 2.16. The molecule has 0 spiro atoms. The van der Waals surface area contributed by atoms with Gasteiger partial charge in [-0.1, -0.05) is 32.9 Å². The zero-order valence-electron chi connectivity index (χ0n) is 10.1. The van der Waals surface area contributed by atoms with E-state index in [0.29, 0.717) is 0 Å². The second kappa shape index (κ2) is 4.05. The predicted octanol–water partition coefficient (Wildman–Crippen LogP) is 2.65. The summed E-state index contributed by atoms with van der Waals surface area (Å²) in [6.45, 7) is 8.39. The number of benzene rings is 1. The van der Waals surface area contributed by atoms with Crippen molar-refractivity contribution in [3.8, 4) is 0 Å². The molecule has 0 atom stereocenters. The highest BCUT2D eigenvalue weighted by Crippen LogP contribution is 2.24. The highest BCUT2D eigenvalue weighted by atomic mass is 16.1. The maximum Gasteiger partial charge on any atom is 0.251 e. The fourth-order valence-electron chi connectivity index (χ4n) is 1.47. The van der Waals surface area contributed by atoms with Gasteiger partial charge in [0, 0.05) is 12.6 Å². The van der Waals surface area contributed by atoms with Crippen molar-refractivity contribution in [2.45, 2.75) is 33.1 Å². The van der Waals surface area contributed by atoms with Gasteiger partial charge < -0.3 is 5.32 Å². The Kier molecular flexibility index (Phi) is 3.18. The predicted molar refractivity (Wildman–Crippen MR) is 63.3 cm³/mol. The first-order chi connectivity index (χ1) is 6.86. The van der Waals surface area contributed by atoms with Crippen molar-refractivity contribution in [2.75, 3.05) is 7.05 Å². The first-order valence-electron chi connectivity index (χ1n) is 5.19. The molecule has 1 aromatic rings. The van der Waals surface area contributed by atoms with Crippen LogP contribution < -0.4 is 5.32 Å². The third-order valence-corrected chi connectivity index (χ3v) is 2.58. The van der Waals surface area contributed by atoms with Gasteiger partial charge in [-0.3, -0.25) is 4.79 Å². The molecule has 0 aliphatic rings. The molecular weight excluding hydrogens is 186 g/mol. The van der Waals surface area contributed by atoms with Gasteiger partial charge in [-0.2, -0.15) is 0 Å². The Labute approximate surface area is 91.7 Å². The van der Waals surface area contributed by atoms with Crippen LogP contribution in [0, 0.1) is 6.92 Å². The van der Waals surface area contributed by atoms with Crippen LogP contribution in [0.2, 0.25) is 0 Å². The molecule has 1 N–H and O–H groups in total. The van der Waals surface area contributed by atoms with Crippen LogP contribution in [0.4, 0.5) is 0 Å². The maximum atomic E-state index is 11.6. The molecule has 0 fully saturated rings. The second-order valence-corrected chi connectivity index (χ2v) is 4.86. The lowest BCUT2D eigenvalue weighted by Gasteiger charge is -2.20. The lowest BCUT2D eigenvalue weighted by molar-refractivity contribution is 0.0962. The molecule has 15 heavy (non-hydrogen) atoms. The number of nitrogens with one attached hydrogen (secondary N) is 1. The van der Waals surface area contributed by atoms with Crippen molar-refractivity contribution in [1.29, 1.82) is 0 Å². The Morgan fingerprint density at radius 3 is 2.33 bits per heavy atom. The lowest BCUT2D eigenvalue weighted by atomic mass is 9.85. The van der Waals surface area contributed by atoms with E-state index in [0.717, 1.165) is 11.1 Å². The average Bonchev–Trinajstić information content (AvgIpc) is 2.15. The van der Waals surface area contributed by atoms with E-state index in [4.69, 9.17) is 0 Å². The molecular formula is C13H19NO. The third kappa shape index (κ3) is 2.58. The molecule has 0 bridgehead atoms. The van der Waals surface area contributed by atoms with Crippen LogP contribution in [0.5, 0.6) is 0 Å². The number of amides is 1. The van der Waals surface area contributed by atoms with Crippen molar-refractivity contribution < 1.29 is 4.79 Å². The Morgan fingerprint density at radius 2 is 1.87 bits per heavy atom. The molecule has 0 saturated heterocycles. The number of carbonyl (C=O) groups excluding carboxylic acids is 1. The summed E-state index contributed by atoms with van der Waals surface area (Å²) in [6.07, 6.45) is 0. The van der Waals surface area contributed by atoms with Crippen molar-refractivity contribution in [2.24, 2.45) is 0 Å². The van der Waals surface area contributed by atoms with E-state index in [2.05, 4.69) is 32.2 Å². The standard InChI is InChI=1S/C13H19NO/c1-9-6-7-10(13(2,3)4)8-11(9)12(15)14-5/h6-8H,1-5H3,(H,14,15). The van der Waals surface area contributed by atoms with E-state index in [1.54, 1.807) is 7.05 Å². The van der Waals surface area contributed by atoms with Crippen molar-refractivity contribution in [1.82, 2.24) is 5.32 Å². The van der Waals surface area contributed by atoms with Gasteiger partial charge in [0.2, 0.25) is 0 Å². The largest absolute Gasteiger partial charge is 0.355 e. The summed E-state index contributed by atoms with van der Waals surface area (Å²) >= 11 is 0. The second-order valence-electron chi connectivity index (χ2n) is 4.86. The number of hydrogen-bond acceptors (Lipinski definition) is 1. The van der Waals surface area contributed by atoms with Gasteiger partial charge in [-0.15, -0.1) is 0 Å². The zero-order valence-corrected chi connectivity index (χ0v) is 10.1. The molecule has 0 aliphatic carbocycles. The van der Waals surface area contributed by atoms with Crippen LogP contribution in [0.3, 0.4) is 0 Å². The van der Waals surface area contributed by atoms with E-state index in [9.17, 15) is 4.79 Å². The summed E-state index contributed by atoms with van der Waals surface area (Å²) in [4.78, 5) is 11.6. The minimum absolute atomic E-state index is 0.0152. The number of hydrogen-bond donors (Lipinski definition) is 1. The minimum Gasteiger partial charge on any atom is -0.355 e. The maximum absolute atomic E-state index is 11.6. The zero-order chi connectivity index (χ0) is 11.6. The molecule has 0 unspecified atom stereocenters. The molecule has 0 saturated carbocycles. The molecule has 0 aromatic heterocycles. The fourth-order valence-corrected chi connectivity index (χ4v) is 1.47. The van der Waals surface area contributed by atoms with Gasteiger partial charge in [0.25, 0.3) is 5.91 Å². The SMILES string of the molecule is CNC(=O)c1cc(C(C)(C)C)ccc1C. The Balaban J connectivity index is 3.23. The van der Waals surface area contributed by atoms with Gasteiger partial charge in [0.15, 0.2) is 0 Å². The first-order valence-corrected chi connectivity index (χ1v) is 5.19. The summed E-state index contributed by atoms with van der Waals surface area (Å²) in [5.41, 5.74) is 3.05. The van der Waals surface area contributed by atoms with E-state index >= 15 is 0 Å². The van der Waals surface area contributed by atoms with E-state index < -0.39 is 0 Å². The Bertz CT molecular complexity index is 375. The first kappa shape index (κ1) is 11.8. The van der Waals surface area contributed by atoms with Gasteiger partial charge in [0.05, 0.1) is 0 Å². The highest BCUT2D eigenvalue weighted by molar-refractivity contribution is 5.95. The van der Waals surface area contributed by atoms with Gasteiger partial charge in [0.1, 0.15) is 0 Å². The normalized spacial score (nSPS) is 11.3. The van der Waals surface area contributed by atoms with Crippen LogP contribution in [0.15, 0.2) is 18.2 Å². The summed E-state index contributed by atoms with van der Waals surface area (Å²) in [7, 11) is 1.66. The molecule has 0 aliphatic heterocycles. The number of aryl methyl sites for hydroxylation is 1. The topological polar surface area (TPSA) is 29.1 Å². The minimum atomic E-state index is -0.0152. The smallest absolute Gasteiger partial charge is 0.251 e. The summed E-state index contributed by atoms with van der Waals surface area (Å²) in [5.74, 6) is -0.0152. The molecule has 2 nitrogen and oxygen atoms in total. The van der Waals surface area contributed by atoms with Crippen LogP contribution in [-0.4, -0.2) is 13.0 Å².